The lowest BCUT2D eigenvalue weighted by Crippen LogP contribution is -2.47. The lowest BCUT2D eigenvalue weighted by molar-refractivity contribution is -0.137. The van der Waals surface area contributed by atoms with Crippen LogP contribution in [-0.4, -0.2) is 63.7 Å². The van der Waals surface area contributed by atoms with Crippen LogP contribution in [0.5, 0.6) is 0 Å². The van der Waals surface area contributed by atoms with E-state index in [0.717, 1.165) is 31.7 Å². The minimum atomic E-state index is -0.745. The van der Waals surface area contributed by atoms with Crippen molar-refractivity contribution < 1.29 is 14.4 Å². The third kappa shape index (κ3) is 4.43. The van der Waals surface area contributed by atoms with Crippen molar-refractivity contribution in [3.63, 3.8) is 0 Å². The SMILES string of the molecule is Cc1ccc(-c2noc([C@H](C)N3CCN(CCC(=O)O)CC3)n2)cc1. The second-order valence-corrected chi connectivity index (χ2v) is 6.52. The Labute approximate surface area is 147 Å². The summed E-state index contributed by atoms with van der Waals surface area (Å²) in [6, 6.07) is 8.11. The minimum absolute atomic E-state index is 0.0494. The molecule has 0 aliphatic carbocycles. The summed E-state index contributed by atoms with van der Waals surface area (Å²) in [4.78, 5) is 19.7. The van der Waals surface area contributed by atoms with Crippen LogP contribution in [0.3, 0.4) is 0 Å². The van der Waals surface area contributed by atoms with Crippen LogP contribution in [0.25, 0.3) is 11.4 Å². The highest BCUT2D eigenvalue weighted by atomic mass is 16.5. The van der Waals surface area contributed by atoms with E-state index < -0.39 is 5.97 Å². The molecule has 3 rings (SSSR count). The molecule has 1 saturated heterocycles. The largest absolute Gasteiger partial charge is 0.481 e. The van der Waals surface area contributed by atoms with Gasteiger partial charge < -0.3 is 14.5 Å². The molecule has 1 atom stereocenters. The van der Waals surface area contributed by atoms with E-state index in [2.05, 4.69) is 26.9 Å². The van der Waals surface area contributed by atoms with Gasteiger partial charge in [-0.1, -0.05) is 35.0 Å². The lowest BCUT2D eigenvalue weighted by atomic mass is 10.1. The van der Waals surface area contributed by atoms with E-state index in [0.29, 0.717) is 18.3 Å². The fraction of sp³-hybridized carbons (Fsp3) is 0.500. The van der Waals surface area contributed by atoms with Gasteiger partial charge in [0.1, 0.15) is 0 Å². The molecule has 0 saturated carbocycles. The van der Waals surface area contributed by atoms with E-state index in [9.17, 15) is 4.79 Å². The molecule has 0 amide bonds. The van der Waals surface area contributed by atoms with Gasteiger partial charge in [0, 0.05) is 38.3 Å². The molecule has 7 heteroatoms. The average Bonchev–Trinajstić information content (AvgIpc) is 3.10. The molecule has 0 spiro atoms. The zero-order chi connectivity index (χ0) is 17.8. The van der Waals surface area contributed by atoms with Gasteiger partial charge in [-0.3, -0.25) is 9.69 Å². The van der Waals surface area contributed by atoms with Crippen molar-refractivity contribution in [3.8, 4) is 11.4 Å². The zero-order valence-corrected chi connectivity index (χ0v) is 14.7. The van der Waals surface area contributed by atoms with Crippen LogP contribution in [0.2, 0.25) is 0 Å². The van der Waals surface area contributed by atoms with Crippen LogP contribution in [0, 0.1) is 6.92 Å². The first-order valence-electron chi connectivity index (χ1n) is 8.62. The van der Waals surface area contributed by atoms with Gasteiger partial charge in [0.05, 0.1) is 12.5 Å². The Bertz CT molecular complexity index is 705. The van der Waals surface area contributed by atoms with Crippen LogP contribution in [0.1, 0.15) is 30.8 Å². The number of benzene rings is 1. The predicted molar refractivity (Wildman–Crippen MR) is 93.2 cm³/mol. The third-order valence-electron chi connectivity index (χ3n) is 4.71. The molecule has 2 aromatic rings. The van der Waals surface area contributed by atoms with E-state index in [1.807, 2.05) is 31.2 Å². The molecular weight excluding hydrogens is 320 g/mol. The summed E-state index contributed by atoms with van der Waals surface area (Å²) in [5, 5.41) is 12.9. The summed E-state index contributed by atoms with van der Waals surface area (Å²) in [5.74, 6) is 0.488. The maximum atomic E-state index is 10.7. The van der Waals surface area contributed by atoms with Crippen LogP contribution < -0.4 is 0 Å². The van der Waals surface area contributed by atoms with Crippen LogP contribution >= 0.6 is 0 Å². The standard InChI is InChI=1S/C18H24N4O3/c1-13-3-5-15(6-4-13)17-19-18(25-20-17)14(2)22-11-9-21(10-12-22)8-7-16(23)24/h3-6,14H,7-12H2,1-2H3,(H,23,24)/t14-/m0/s1. The normalized spacial score (nSPS) is 17.5. The maximum absolute atomic E-state index is 10.7. The summed E-state index contributed by atoms with van der Waals surface area (Å²) in [7, 11) is 0. The number of nitrogens with zero attached hydrogens (tertiary/aromatic N) is 4. The molecule has 7 nitrogen and oxygen atoms in total. The molecule has 1 fully saturated rings. The molecule has 1 aliphatic rings. The van der Waals surface area contributed by atoms with E-state index in [1.54, 1.807) is 0 Å². The molecule has 1 aromatic carbocycles. The van der Waals surface area contributed by atoms with E-state index in [1.165, 1.54) is 5.56 Å². The molecule has 1 aliphatic heterocycles. The Morgan fingerprint density at radius 1 is 1.24 bits per heavy atom. The van der Waals surface area contributed by atoms with Crippen LogP contribution in [-0.2, 0) is 4.79 Å². The third-order valence-corrected chi connectivity index (χ3v) is 4.71. The topological polar surface area (TPSA) is 82.7 Å². The van der Waals surface area contributed by atoms with E-state index in [4.69, 9.17) is 9.63 Å². The lowest BCUT2D eigenvalue weighted by Gasteiger charge is -2.36. The molecule has 134 valence electrons. The maximum Gasteiger partial charge on any atom is 0.304 e. The predicted octanol–water partition coefficient (Wildman–Crippen LogP) is 2.20. The highest BCUT2D eigenvalue weighted by molar-refractivity contribution is 5.66. The fourth-order valence-corrected chi connectivity index (χ4v) is 3.01. The second-order valence-electron chi connectivity index (χ2n) is 6.52. The Hall–Kier alpha value is -2.25. The Morgan fingerprint density at radius 2 is 1.92 bits per heavy atom. The number of carboxylic acid groups (broad SMARTS) is 1. The van der Waals surface area contributed by atoms with Gasteiger partial charge in [0.25, 0.3) is 0 Å². The Morgan fingerprint density at radius 3 is 2.56 bits per heavy atom. The molecular formula is C18H24N4O3. The number of piperazine rings is 1. The van der Waals surface area contributed by atoms with Gasteiger partial charge in [0.2, 0.25) is 11.7 Å². The number of carbonyl (C=O) groups is 1. The first-order valence-corrected chi connectivity index (χ1v) is 8.62. The van der Waals surface area contributed by atoms with Gasteiger partial charge >= 0.3 is 5.97 Å². The summed E-state index contributed by atoms with van der Waals surface area (Å²) in [5.41, 5.74) is 2.15. The number of aromatic nitrogens is 2. The van der Waals surface area contributed by atoms with Crippen LogP contribution in [0.15, 0.2) is 28.8 Å². The summed E-state index contributed by atoms with van der Waals surface area (Å²) >= 11 is 0. The Kier molecular flexibility index (Phi) is 5.45. The molecule has 0 unspecified atom stereocenters. The summed E-state index contributed by atoms with van der Waals surface area (Å²) < 4.78 is 5.48. The molecule has 2 heterocycles. The van der Waals surface area contributed by atoms with Crippen molar-refractivity contribution in [1.82, 2.24) is 19.9 Å². The van der Waals surface area contributed by atoms with Gasteiger partial charge in [-0.15, -0.1) is 0 Å². The minimum Gasteiger partial charge on any atom is -0.481 e. The first-order chi connectivity index (χ1) is 12.0. The molecule has 0 radical (unpaired) electrons. The van der Waals surface area contributed by atoms with Gasteiger partial charge in [0.15, 0.2) is 0 Å². The van der Waals surface area contributed by atoms with E-state index >= 15 is 0 Å². The summed E-state index contributed by atoms with van der Waals surface area (Å²) in [6.45, 7) is 8.16. The Balaban J connectivity index is 1.58. The van der Waals surface area contributed by atoms with Gasteiger partial charge in [-0.25, -0.2) is 0 Å². The van der Waals surface area contributed by atoms with Crippen molar-refractivity contribution in [2.24, 2.45) is 0 Å². The van der Waals surface area contributed by atoms with Crippen molar-refractivity contribution >= 4 is 5.97 Å². The van der Waals surface area contributed by atoms with Crippen LogP contribution in [0.4, 0.5) is 0 Å². The molecule has 25 heavy (non-hydrogen) atoms. The quantitative estimate of drug-likeness (QED) is 0.860. The zero-order valence-electron chi connectivity index (χ0n) is 14.7. The highest BCUT2D eigenvalue weighted by Crippen LogP contribution is 2.23. The first kappa shape index (κ1) is 17.6. The van der Waals surface area contributed by atoms with Crippen molar-refractivity contribution in [2.45, 2.75) is 26.3 Å². The number of rotatable bonds is 6. The second kappa shape index (κ2) is 7.76. The molecule has 0 bridgehead atoms. The summed E-state index contributed by atoms with van der Waals surface area (Å²) in [6.07, 6.45) is 0.194. The van der Waals surface area contributed by atoms with Gasteiger partial charge in [-0.2, -0.15) is 4.98 Å². The number of hydrogen-bond acceptors (Lipinski definition) is 6. The smallest absolute Gasteiger partial charge is 0.304 e. The molecule has 1 N–H and O–H groups in total. The average molecular weight is 344 g/mol. The monoisotopic (exact) mass is 344 g/mol. The van der Waals surface area contributed by atoms with E-state index in [-0.39, 0.29) is 12.5 Å². The number of hydrogen-bond donors (Lipinski definition) is 1. The number of aliphatic carboxylic acids is 1. The fourth-order valence-electron chi connectivity index (χ4n) is 3.01. The number of aryl methyl sites for hydroxylation is 1. The van der Waals surface area contributed by atoms with Gasteiger partial charge in [-0.05, 0) is 13.8 Å². The van der Waals surface area contributed by atoms with Crippen molar-refractivity contribution in [3.05, 3.63) is 35.7 Å². The number of carboxylic acids is 1. The van der Waals surface area contributed by atoms with Crippen molar-refractivity contribution in [2.75, 3.05) is 32.7 Å². The van der Waals surface area contributed by atoms with Crippen molar-refractivity contribution in [1.29, 1.82) is 0 Å². The molecule has 1 aromatic heterocycles. The highest BCUT2D eigenvalue weighted by Gasteiger charge is 2.26.